The molecule has 0 radical (unpaired) electrons. The smallest absolute Gasteiger partial charge is 0.389 e. The van der Waals surface area contributed by atoms with Crippen molar-refractivity contribution in [2.24, 2.45) is 0 Å². The van der Waals surface area contributed by atoms with Crippen LogP contribution in [0.15, 0.2) is 24.3 Å². The van der Waals surface area contributed by atoms with E-state index in [9.17, 15) is 13.2 Å². The predicted octanol–water partition coefficient (Wildman–Crippen LogP) is 3.91. The minimum absolute atomic E-state index is 0.107. The Morgan fingerprint density at radius 2 is 2.05 bits per heavy atom. The van der Waals surface area contributed by atoms with E-state index in [4.69, 9.17) is 4.74 Å². The van der Waals surface area contributed by atoms with Crippen molar-refractivity contribution in [3.63, 3.8) is 0 Å². The first kappa shape index (κ1) is 15.8. The summed E-state index contributed by atoms with van der Waals surface area (Å²) in [5.74, 6) is 0.802. The summed E-state index contributed by atoms with van der Waals surface area (Å²) in [5.41, 5.74) is 1.01. The van der Waals surface area contributed by atoms with Crippen LogP contribution in [-0.4, -0.2) is 19.3 Å². The Labute approximate surface area is 112 Å². The van der Waals surface area contributed by atoms with E-state index in [0.29, 0.717) is 19.7 Å². The molecule has 0 bridgehead atoms. The molecule has 1 rings (SSSR count). The normalized spacial score (nSPS) is 11.6. The van der Waals surface area contributed by atoms with E-state index in [1.807, 2.05) is 31.2 Å². The molecule has 0 saturated carbocycles. The molecule has 0 saturated heterocycles. The van der Waals surface area contributed by atoms with Crippen LogP contribution in [0.2, 0.25) is 0 Å². The Bertz CT molecular complexity index is 366. The molecule has 0 aliphatic carbocycles. The fourth-order valence-electron chi connectivity index (χ4n) is 1.61. The van der Waals surface area contributed by atoms with Gasteiger partial charge in [0.15, 0.2) is 0 Å². The second-order valence-electron chi connectivity index (χ2n) is 4.39. The van der Waals surface area contributed by atoms with E-state index >= 15 is 0 Å². The molecule has 0 amide bonds. The van der Waals surface area contributed by atoms with Crippen molar-refractivity contribution in [2.75, 3.05) is 13.2 Å². The van der Waals surface area contributed by atoms with E-state index < -0.39 is 12.6 Å². The number of halogens is 3. The average Bonchev–Trinajstić information content (AvgIpc) is 2.35. The fourth-order valence-corrected chi connectivity index (χ4v) is 1.61. The van der Waals surface area contributed by atoms with Gasteiger partial charge in [-0.2, -0.15) is 13.2 Å². The number of hydrogen-bond donors (Lipinski definition) is 1. The van der Waals surface area contributed by atoms with E-state index in [2.05, 4.69) is 5.32 Å². The van der Waals surface area contributed by atoms with Gasteiger partial charge >= 0.3 is 6.18 Å². The van der Waals surface area contributed by atoms with Crippen LogP contribution < -0.4 is 10.1 Å². The number of rotatable bonds is 8. The van der Waals surface area contributed by atoms with Crippen LogP contribution >= 0.6 is 0 Å². The van der Waals surface area contributed by atoms with E-state index in [1.54, 1.807) is 0 Å². The maximum absolute atomic E-state index is 11.9. The molecular formula is C14H20F3NO. The summed E-state index contributed by atoms with van der Waals surface area (Å²) in [4.78, 5) is 0. The Hall–Kier alpha value is -1.23. The fraction of sp³-hybridized carbons (Fsp3) is 0.571. The lowest BCUT2D eigenvalue weighted by Gasteiger charge is -2.09. The van der Waals surface area contributed by atoms with Crippen LogP contribution in [0.1, 0.15) is 31.7 Å². The van der Waals surface area contributed by atoms with Crippen LogP contribution in [0.5, 0.6) is 5.75 Å². The van der Waals surface area contributed by atoms with Crippen LogP contribution in [0.25, 0.3) is 0 Å². The summed E-state index contributed by atoms with van der Waals surface area (Å²) in [6.45, 7) is 3.62. The second-order valence-corrected chi connectivity index (χ2v) is 4.39. The molecule has 0 unspecified atom stereocenters. The second kappa shape index (κ2) is 8.04. The van der Waals surface area contributed by atoms with Crippen molar-refractivity contribution in [3.05, 3.63) is 29.8 Å². The highest BCUT2D eigenvalue weighted by Crippen LogP contribution is 2.20. The molecule has 1 aromatic carbocycles. The first-order chi connectivity index (χ1) is 9.01. The number of ether oxygens (including phenoxy) is 1. The number of nitrogens with one attached hydrogen (secondary N) is 1. The zero-order valence-electron chi connectivity index (χ0n) is 11.1. The first-order valence-electron chi connectivity index (χ1n) is 6.50. The van der Waals surface area contributed by atoms with E-state index in [0.717, 1.165) is 17.7 Å². The minimum Gasteiger partial charge on any atom is -0.494 e. The third-order valence-corrected chi connectivity index (χ3v) is 2.51. The zero-order valence-corrected chi connectivity index (χ0v) is 11.1. The molecule has 0 heterocycles. The third-order valence-electron chi connectivity index (χ3n) is 2.51. The molecule has 0 aliphatic heterocycles. The highest BCUT2D eigenvalue weighted by molar-refractivity contribution is 5.28. The van der Waals surface area contributed by atoms with Gasteiger partial charge in [0.1, 0.15) is 5.75 Å². The SMILES string of the molecule is CCCOc1cccc(CNCCCC(F)(F)F)c1. The van der Waals surface area contributed by atoms with Gasteiger partial charge in [0, 0.05) is 13.0 Å². The van der Waals surface area contributed by atoms with Crippen LogP contribution in [0.3, 0.4) is 0 Å². The van der Waals surface area contributed by atoms with Gasteiger partial charge in [-0.1, -0.05) is 19.1 Å². The zero-order chi connectivity index (χ0) is 14.1. The third kappa shape index (κ3) is 7.72. The molecule has 2 nitrogen and oxygen atoms in total. The molecule has 1 aromatic rings. The Kier molecular flexibility index (Phi) is 6.70. The van der Waals surface area contributed by atoms with Crippen molar-refractivity contribution < 1.29 is 17.9 Å². The molecule has 0 aliphatic rings. The van der Waals surface area contributed by atoms with Gasteiger partial charge in [-0.15, -0.1) is 0 Å². The lowest BCUT2D eigenvalue weighted by atomic mass is 10.2. The Morgan fingerprint density at radius 1 is 1.26 bits per heavy atom. The van der Waals surface area contributed by atoms with Crippen molar-refractivity contribution in [3.8, 4) is 5.75 Å². The Morgan fingerprint density at radius 3 is 2.74 bits per heavy atom. The van der Waals surface area contributed by atoms with Crippen molar-refractivity contribution in [1.82, 2.24) is 5.32 Å². The Balaban J connectivity index is 2.25. The number of alkyl halides is 3. The topological polar surface area (TPSA) is 21.3 Å². The van der Waals surface area contributed by atoms with Gasteiger partial charge in [-0.3, -0.25) is 0 Å². The standard InChI is InChI=1S/C14H20F3NO/c1-2-9-19-13-6-3-5-12(10-13)11-18-8-4-7-14(15,16)17/h3,5-6,10,18H,2,4,7-9,11H2,1H3. The summed E-state index contributed by atoms with van der Waals surface area (Å²) in [6, 6.07) is 7.60. The van der Waals surface area contributed by atoms with Gasteiger partial charge in [-0.05, 0) is 37.1 Å². The molecule has 19 heavy (non-hydrogen) atoms. The summed E-state index contributed by atoms with van der Waals surface area (Å²) in [5, 5.41) is 3.00. The predicted molar refractivity (Wildman–Crippen MR) is 69.2 cm³/mol. The van der Waals surface area contributed by atoms with E-state index in [1.165, 1.54) is 0 Å². The highest BCUT2D eigenvalue weighted by Gasteiger charge is 2.25. The number of hydrogen-bond acceptors (Lipinski definition) is 2. The summed E-state index contributed by atoms with van der Waals surface area (Å²) >= 11 is 0. The molecule has 0 atom stereocenters. The van der Waals surface area contributed by atoms with Crippen LogP contribution in [-0.2, 0) is 6.54 Å². The molecule has 0 fully saturated rings. The lowest BCUT2D eigenvalue weighted by molar-refractivity contribution is -0.135. The molecule has 0 spiro atoms. The van der Waals surface area contributed by atoms with Gasteiger partial charge in [0.25, 0.3) is 0 Å². The monoisotopic (exact) mass is 275 g/mol. The summed E-state index contributed by atoms with van der Waals surface area (Å²) < 4.78 is 41.3. The van der Waals surface area contributed by atoms with Gasteiger partial charge in [-0.25, -0.2) is 0 Å². The molecule has 1 N–H and O–H groups in total. The average molecular weight is 275 g/mol. The van der Waals surface area contributed by atoms with Gasteiger partial charge in [0.05, 0.1) is 6.61 Å². The molecule has 0 aromatic heterocycles. The molecule has 108 valence electrons. The quantitative estimate of drug-likeness (QED) is 0.726. The maximum atomic E-state index is 11.9. The number of benzene rings is 1. The van der Waals surface area contributed by atoms with Crippen molar-refractivity contribution in [1.29, 1.82) is 0 Å². The maximum Gasteiger partial charge on any atom is 0.389 e. The molecular weight excluding hydrogens is 255 g/mol. The molecule has 5 heteroatoms. The van der Waals surface area contributed by atoms with Crippen LogP contribution in [0.4, 0.5) is 13.2 Å². The highest BCUT2D eigenvalue weighted by atomic mass is 19.4. The van der Waals surface area contributed by atoms with Crippen molar-refractivity contribution >= 4 is 0 Å². The van der Waals surface area contributed by atoms with E-state index in [-0.39, 0.29) is 6.42 Å². The van der Waals surface area contributed by atoms with Gasteiger partial charge < -0.3 is 10.1 Å². The van der Waals surface area contributed by atoms with Crippen LogP contribution in [0, 0.1) is 0 Å². The summed E-state index contributed by atoms with van der Waals surface area (Å²) in [7, 11) is 0. The minimum atomic E-state index is -4.06. The lowest BCUT2D eigenvalue weighted by Crippen LogP contribution is -2.17. The first-order valence-corrected chi connectivity index (χ1v) is 6.50. The van der Waals surface area contributed by atoms with Gasteiger partial charge in [0.2, 0.25) is 0 Å². The summed E-state index contributed by atoms with van der Waals surface area (Å²) in [6.07, 6.45) is -3.75. The largest absolute Gasteiger partial charge is 0.494 e. The van der Waals surface area contributed by atoms with Crippen molar-refractivity contribution in [2.45, 2.75) is 38.9 Å².